The van der Waals surface area contributed by atoms with E-state index in [0.717, 1.165) is 19.3 Å². The van der Waals surface area contributed by atoms with Crippen molar-refractivity contribution in [2.45, 2.75) is 45.4 Å². The van der Waals surface area contributed by atoms with E-state index in [1.54, 1.807) is 5.57 Å². The predicted molar refractivity (Wildman–Crippen MR) is 48.9 cm³/mol. The first-order valence-electron chi connectivity index (χ1n) is 5.00. The summed E-state index contributed by atoms with van der Waals surface area (Å²) in [6.45, 7) is 2.28. The van der Waals surface area contributed by atoms with Gasteiger partial charge in [-0.25, -0.2) is 0 Å². The van der Waals surface area contributed by atoms with Crippen molar-refractivity contribution in [1.29, 1.82) is 0 Å². The maximum atomic E-state index is 11.3. The number of ketones is 1. The lowest BCUT2D eigenvalue weighted by Gasteiger charge is -2.10. The van der Waals surface area contributed by atoms with Crippen LogP contribution in [0.2, 0.25) is 0 Å². The Kier molecular flexibility index (Phi) is 2.03. The molecule has 0 aliphatic heterocycles. The van der Waals surface area contributed by atoms with Crippen LogP contribution in [0.5, 0.6) is 0 Å². The van der Waals surface area contributed by atoms with Gasteiger partial charge in [-0.1, -0.05) is 18.1 Å². The van der Waals surface area contributed by atoms with Crippen molar-refractivity contribution in [3.63, 3.8) is 0 Å². The summed E-state index contributed by atoms with van der Waals surface area (Å²) in [6.07, 6.45) is 6.45. The molecule has 0 saturated heterocycles. The Hall–Kier alpha value is -0.590. The van der Waals surface area contributed by atoms with Crippen molar-refractivity contribution in [3.05, 3.63) is 11.1 Å². The molecule has 0 heterocycles. The fourth-order valence-electron chi connectivity index (χ4n) is 2.50. The molecule has 1 heteroatoms. The zero-order valence-electron chi connectivity index (χ0n) is 7.73. The Labute approximate surface area is 73.8 Å². The van der Waals surface area contributed by atoms with E-state index in [2.05, 4.69) is 6.92 Å². The quantitative estimate of drug-likeness (QED) is 0.503. The van der Waals surface area contributed by atoms with Crippen molar-refractivity contribution in [1.82, 2.24) is 0 Å². The van der Waals surface area contributed by atoms with E-state index in [0.29, 0.717) is 11.7 Å². The van der Waals surface area contributed by atoms with Crippen molar-refractivity contribution >= 4 is 5.78 Å². The summed E-state index contributed by atoms with van der Waals surface area (Å²) in [4.78, 5) is 11.3. The molecule has 0 bridgehead atoms. The summed E-state index contributed by atoms with van der Waals surface area (Å²) in [5, 5.41) is 0. The number of rotatable bonds is 0. The Morgan fingerprint density at radius 1 is 1.25 bits per heavy atom. The highest BCUT2D eigenvalue weighted by molar-refractivity contribution is 5.81. The van der Waals surface area contributed by atoms with Gasteiger partial charge in [0.05, 0.1) is 0 Å². The highest BCUT2D eigenvalue weighted by Gasteiger charge is 2.24. The van der Waals surface area contributed by atoms with Crippen LogP contribution in [0.1, 0.15) is 45.4 Å². The monoisotopic (exact) mass is 164 g/mol. The second-order valence-corrected chi connectivity index (χ2v) is 4.14. The molecule has 2 aliphatic rings. The molecular formula is C11H16O. The third-order valence-electron chi connectivity index (χ3n) is 3.24. The number of carbonyl (C=O) groups is 1. The van der Waals surface area contributed by atoms with Gasteiger partial charge in [-0.05, 0) is 31.6 Å². The Morgan fingerprint density at radius 3 is 2.92 bits per heavy atom. The molecule has 1 unspecified atom stereocenters. The molecule has 1 atom stereocenters. The van der Waals surface area contributed by atoms with Gasteiger partial charge >= 0.3 is 0 Å². The van der Waals surface area contributed by atoms with Gasteiger partial charge in [0.25, 0.3) is 0 Å². The van der Waals surface area contributed by atoms with Crippen molar-refractivity contribution < 1.29 is 4.79 Å². The van der Waals surface area contributed by atoms with Crippen LogP contribution in [0.4, 0.5) is 0 Å². The highest BCUT2D eigenvalue weighted by Crippen LogP contribution is 2.37. The summed E-state index contributed by atoms with van der Waals surface area (Å²) in [6, 6.07) is 0. The average molecular weight is 164 g/mol. The molecule has 0 amide bonds. The topological polar surface area (TPSA) is 17.1 Å². The number of hydrogen-bond donors (Lipinski definition) is 0. The molecule has 0 aromatic rings. The van der Waals surface area contributed by atoms with Crippen LogP contribution < -0.4 is 0 Å². The van der Waals surface area contributed by atoms with Crippen LogP contribution in [-0.2, 0) is 4.79 Å². The zero-order valence-corrected chi connectivity index (χ0v) is 7.73. The van der Waals surface area contributed by atoms with Gasteiger partial charge in [0.2, 0.25) is 0 Å². The number of Topliss-reactive ketones (excluding diaryl/α,β-unsaturated/α-hetero) is 1. The van der Waals surface area contributed by atoms with E-state index < -0.39 is 0 Å². The SMILES string of the molecule is CC1CCC(=O)CC2=C1CCC2. The smallest absolute Gasteiger partial charge is 0.136 e. The molecule has 0 fully saturated rings. The van der Waals surface area contributed by atoms with Crippen molar-refractivity contribution in [2.75, 3.05) is 0 Å². The van der Waals surface area contributed by atoms with E-state index in [1.807, 2.05) is 0 Å². The minimum absolute atomic E-state index is 0.466. The van der Waals surface area contributed by atoms with Gasteiger partial charge in [0.15, 0.2) is 0 Å². The Morgan fingerprint density at radius 2 is 2.08 bits per heavy atom. The molecule has 0 aromatic heterocycles. The van der Waals surface area contributed by atoms with E-state index in [4.69, 9.17) is 0 Å². The molecule has 0 spiro atoms. The van der Waals surface area contributed by atoms with Gasteiger partial charge in [-0.15, -0.1) is 0 Å². The fourth-order valence-corrected chi connectivity index (χ4v) is 2.50. The summed E-state index contributed by atoms with van der Waals surface area (Å²) >= 11 is 0. The second kappa shape index (κ2) is 3.04. The van der Waals surface area contributed by atoms with Gasteiger partial charge in [0, 0.05) is 12.8 Å². The largest absolute Gasteiger partial charge is 0.299 e. The van der Waals surface area contributed by atoms with Gasteiger partial charge in [-0.3, -0.25) is 4.79 Å². The molecule has 66 valence electrons. The van der Waals surface area contributed by atoms with E-state index in [9.17, 15) is 4.79 Å². The van der Waals surface area contributed by atoms with Crippen LogP contribution in [0.3, 0.4) is 0 Å². The van der Waals surface area contributed by atoms with Crippen LogP contribution in [-0.4, -0.2) is 5.78 Å². The van der Waals surface area contributed by atoms with Gasteiger partial charge in [-0.2, -0.15) is 0 Å². The summed E-state index contributed by atoms with van der Waals surface area (Å²) < 4.78 is 0. The van der Waals surface area contributed by atoms with Crippen LogP contribution in [0.15, 0.2) is 11.1 Å². The molecule has 2 aliphatic carbocycles. The van der Waals surface area contributed by atoms with Crippen molar-refractivity contribution in [2.24, 2.45) is 5.92 Å². The second-order valence-electron chi connectivity index (χ2n) is 4.14. The van der Waals surface area contributed by atoms with E-state index in [1.165, 1.54) is 24.8 Å². The number of hydrogen-bond acceptors (Lipinski definition) is 1. The lowest BCUT2D eigenvalue weighted by atomic mass is 9.96. The predicted octanol–water partition coefficient (Wildman–Crippen LogP) is 2.86. The highest BCUT2D eigenvalue weighted by atomic mass is 16.1. The van der Waals surface area contributed by atoms with Gasteiger partial charge < -0.3 is 0 Å². The Bertz CT molecular complexity index is 237. The normalized spacial score (nSPS) is 30.4. The summed E-state index contributed by atoms with van der Waals surface area (Å²) in [5.74, 6) is 1.16. The third kappa shape index (κ3) is 1.33. The number of carbonyl (C=O) groups excluding carboxylic acids is 1. The summed E-state index contributed by atoms with van der Waals surface area (Å²) in [5.41, 5.74) is 3.12. The van der Waals surface area contributed by atoms with E-state index >= 15 is 0 Å². The minimum atomic E-state index is 0.466. The Balaban J connectivity index is 2.24. The average Bonchev–Trinajstić information content (AvgIpc) is 2.44. The van der Waals surface area contributed by atoms with Crippen LogP contribution in [0, 0.1) is 5.92 Å². The minimum Gasteiger partial charge on any atom is -0.299 e. The standard InChI is InChI=1S/C11H16O/c1-8-5-6-10(12)7-9-3-2-4-11(8)9/h8H,2-7H2,1H3. The number of allylic oxidation sites excluding steroid dienone is 2. The first-order valence-corrected chi connectivity index (χ1v) is 5.00. The fraction of sp³-hybridized carbons (Fsp3) is 0.727. The maximum Gasteiger partial charge on any atom is 0.136 e. The first-order chi connectivity index (χ1) is 5.77. The third-order valence-corrected chi connectivity index (χ3v) is 3.24. The lowest BCUT2D eigenvalue weighted by Crippen LogP contribution is -1.98. The molecule has 0 N–H and O–H groups in total. The molecule has 0 aromatic carbocycles. The van der Waals surface area contributed by atoms with Crippen LogP contribution in [0.25, 0.3) is 0 Å². The molecule has 2 rings (SSSR count). The molecule has 0 radical (unpaired) electrons. The molecule has 1 nitrogen and oxygen atoms in total. The van der Waals surface area contributed by atoms with Gasteiger partial charge in [0.1, 0.15) is 5.78 Å². The maximum absolute atomic E-state index is 11.3. The summed E-state index contributed by atoms with van der Waals surface area (Å²) in [7, 11) is 0. The lowest BCUT2D eigenvalue weighted by molar-refractivity contribution is -0.118. The molecule has 0 saturated carbocycles. The van der Waals surface area contributed by atoms with Crippen molar-refractivity contribution in [3.8, 4) is 0 Å². The van der Waals surface area contributed by atoms with Crippen LogP contribution >= 0.6 is 0 Å². The van der Waals surface area contributed by atoms with E-state index in [-0.39, 0.29) is 0 Å². The molecular weight excluding hydrogens is 148 g/mol. The molecule has 12 heavy (non-hydrogen) atoms. The first kappa shape index (κ1) is 8.03. The zero-order chi connectivity index (χ0) is 8.55.